The number of aliphatic hydroxyl groups is 1. The fraction of sp³-hybridized carbons (Fsp3) is 0.392. The molecule has 0 saturated carbocycles. The van der Waals surface area contributed by atoms with Gasteiger partial charge in [0.25, 0.3) is 0 Å². The van der Waals surface area contributed by atoms with E-state index in [0.717, 1.165) is 0 Å². The van der Waals surface area contributed by atoms with Gasteiger partial charge >= 0.3 is 5.97 Å². The Balaban J connectivity index is 1.34. The Morgan fingerprint density at radius 2 is 1.59 bits per heavy atom. The lowest BCUT2D eigenvalue weighted by Crippen LogP contribution is -2.63. The number of amides is 7. The lowest BCUT2D eigenvalue weighted by molar-refractivity contribution is -0.142. The van der Waals surface area contributed by atoms with Crippen LogP contribution in [-0.2, 0) is 51.2 Å². The van der Waals surface area contributed by atoms with Crippen LogP contribution in [0, 0.1) is 0 Å². The number of aliphatic carboxylic acids is 1. The summed E-state index contributed by atoms with van der Waals surface area (Å²) in [6.45, 7) is 1.40. The van der Waals surface area contributed by atoms with Crippen LogP contribution in [0.15, 0.2) is 84.1 Å². The van der Waals surface area contributed by atoms with Gasteiger partial charge < -0.3 is 85.5 Å². The predicted molar refractivity (Wildman–Crippen MR) is 277 cm³/mol. The zero-order valence-electron chi connectivity index (χ0n) is 41.5. The van der Waals surface area contributed by atoms with Gasteiger partial charge in [-0.1, -0.05) is 54.6 Å². The Morgan fingerprint density at radius 1 is 0.829 bits per heavy atom. The van der Waals surface area contributed by atoms with E-state index < -0.39 is 114 Å². The van der Waals surface area contributed by atoms with Crippen molar-refractivity contribution in [2.24, 2.45) is 33.7 Å². The summed E-state index contributed by atoms with van der Waals surface area (Å²) in [4.78, 5) is 122. The number of fused-ring (bicyclic) bond motifs is 7. The average Bonchev–Trinajstić information content (AvgIpc) is 4.00. The molecule has 3 aliphatic heterocycles. The predicted octanol–water partition coefficient (Wildman–Crippen LogP) is -1.97. The van der Waals surface area contributed by atoms with E-state index in [0.29, 0.717) is 50.5 Å². The van der Waals surface area contributed by atoms with Crippen LogP contribution in [0.5, 0.6) is 5.75 Å². The number of para-hydroxylation sites is 1. The van der Waals surface area contributed by atoms with Crippen molar-refractivity contribution in [2.75, 3.05) is 13.1 Å². The van der Waals surface area contributed by atoms with Gasteiger partial charge in [0.15, 0.2) is 12.1 Å². The lowest BCUT2D eigenvalue weighted by atomic mass is 9.85. The van der Waals surface area contributed by atoms with Crippen LogP contribution in [0.2, 0.25) is 0 Å². The number of carboxylic acids is 1. The van der Waals surface area contributed by atoms with Crippen LogP contribution in [0.25, 0.3) is 21.8 Å². The third kappa shape index (κ3) is 13.2. The number of carbonyl (C=O) groups excluding carboxylic acids is 7. The second-order valence-electron chi connectivity index (χ2n) is 19.0. The number of benzene rings is 3. The van der Waals surface area contributed by atoms with E-state index in [4.69, 9.17) is 33.4 Å². The van der Waals surface area contributed by atoms with Crippen molar-refractivity contribution < 1.29 is 53.3 Å². The first-order valence-electron chi connectivity index (χ1n) is 24.8. The van der Waals surface area contributed by atoms with E-state index in [9.17, 15) is 39.0 Å². The van der Waals surface area contributed by atoms with Crippen molar-refractivity contribution in [3.63, 3.8) is 0 Å². The van der Waals surface area contributed by atoms with Crippen LogP contribution >= 0.6 is 0 Å². The van der Waals surface area contributed by atoms with Crippen LogP contribution < -0.4 is 65.3 Å². The molecular formula is C51H64N14O11. The molecule has 8 rings (SSSR count). The Morgan fingerprint density at radius 3 is 2.29 bits per heavy atom. The first-order chi connectivity index (χ1) is 36.3. The summed E-state index contributed by atoms with van der Waals surface area (Å²) in [6.07, 6.45) is -0.216. The van der Waals surface area contributed by atoms with Crippen LogP contribution in [0.1, 0.15) is 73.3 Å². The van der Waals surface area contributed by atoms with Crippen molar-refractivity contribution in [1.82, 2.24) is 41.9 Å². The van der Waals surface area contributed by atoms with Gasteiger partial charge in [-0.3, -0.25) is 38.6 Å². The second kappa shape index (κ2) is 24.7. The molecule has 0 radical (unpaired) electrons. The maximum atomic E-state index is 15.1. The van der Waals surface area contributed by atoms with Gasteiger partial charge in [0, 0.05) is 53.1 Å². The van der Waals surface area contributed by atoms with Crippen molar-refractivity contribution in [1.29, 1.82) is 0 Å². The number of aliphatic imine (C=N–C) groups is 1. The fourth-order valence-electron chi connectivity index (χ4n) is 9.54. The van der Waals surface area contributed by atoms with Gasteiger partial charge in [-0.15, -0.1) is 0 Å². The van der Waals surface area contributed by atoms with E-state index in [-0.39, 0.29) is 56.9 Å². The molecule has 3 aromatic carbocycles. The molecule has 10 atom stereocenters. The molecule has 0 aliphatic carbocycles. The Kier molecular flexibility index (Phi) is 17.9. The number of nitrogens with two attached hydrogens (primary N) is 5. The lowest BCUT2D eigenvalue weighted by Gasteiger charge is -2.34. The van der Waals surface area contributed by atoms with Crippen molar-refractivity contribution in [3.8, 4) is 5.75 Å². The summed E-state index contributed by atoms with van der Waals surface area (Å²) in [7, 11) is 0. The number of ether oxygens (including phenoxy) is 1. The van der Waals surface area contributed by atoms with E-state index in [1.54, 1.807) is 79.1 Å². The van der Waals surface area contributed by atoms with Crippen LogP contribution in [0.4, 0.5) is 0 Å². The number of hydrogen-bond donors (Lipinski definition) is 15. The van der Waals surface area contributed by atoms with Gasteiger partial charge in [-0.2, -0.15) is 0 Å². The molecule has 25 heteroatoms. The van der Waals surface area contributed by atoms with Crippen molar-refractivity contribution in [2.45, 2.75) is 112 Å². The third-order valence-corrected chi connectivity index (χ3v) is 13.4. The molecule has 0 fully saturated rings. The molecule has 2 aromatic heterocycles. The summed E-state index contributed by atoms with van der Waals surface area (Å²) < 4.78 is 6.80. The number of hydrogen-bond acceptors (Lipinski definition) is 13. The minimum atomic E-state index is -1.86. The molecule has 0 unspecified atom stereocenters. The number of aliphatic hydroxyl groups excluding tert-OH is 1. The molecule has 25 nitrogen and oxygen atoms in total. The van der Waals surface area contributed by atoms with Gasteiger partial charge in [-0.25, -0.2) is 4.79 Å². The first kappa shape index (κ1) is 55.2. The summed E-state index contributed by atoms with van der Waals surface area (Å²) >= 11 is 0. The minimum absolute atomic E-state index is 0.00996. The number of aromatic amines is 2. The number of nitrogens with zero attached hydrogens (tertiary/aromatic N) is 1. The Labute approximate surface area is 435 Å². The van der Waals surface area contributed by atoms with E-state index in [1.165, 1.54) is 6.92 Å². The molecule has 3 aliphatic rings. The maximum absolute atomic E-state index is 15.1. The largest absolute Gasteiger partial charge is 0.481 e. The standard InChI is InChI=1S/C51H64N14O11/c1-24(66)39-47(71)64-41(48(72)60-33(12-7-17-57-51(55)56)45(69)62-36(50(74)75)18-25-8-3-2-4-9-25)28(11-6-16-52)26-14-15-30-31(23-58-34(30)20-26)43-42(49(73)63-39)65-46(70)35(21-38(54)67)61-44(68)32(53)19-27-22-59-40-29(27)10-5-13-37(40)76-43/h2-5,8-10,13-15,20,22-24,28,32-33,35-36,39,41-43,58-59,66H,6-7,11-12,16-19,21,52-53H2,1H3,(H2,54,67)(H,60,72)(H,61,68)(H,62,69)(H,63,73)(H,64,71)(H,65,70)(H,74,75)(H4,55,56,57)/t24-,28+,32+,33+,35+,36+,39+,41+,42+,43-/m1/s1. The zero-order chi connectivity index (χ0) is 54.8. The van der Waals surface area contributed by atoms with Crippen LogP contribution in [-0.4, -0.2) is 135 Å². The van der Waals surface area contributed by atoms with E-state index in [1.807, 2.05) is 0 Å². The highest BCUT2D eigenvalue weighted by atomic mass is 16.5. The fourth-order valence-corrected chi connectivity index (χ4v) is 9.54. The minimum Gasteiger partial charge on any atom is -0.481 e. The highest BCUT2D eigenvalue weighted by Gasteiger charge is 2.42. The highest BCUT2D eigenvalue weighted by molar-refractivity contribution is 6.00. The number of carbonyl (C=O) groups is 8. The molecule has 8 bridgehead atoms. The van der Waals surface area contributed by atoms with Gasteiger partial charge in [0.2, 0.25) is 41.4 Å². The van der Waals surface area contributed by atoms with Crippen LogP contribution in [0.3, 0.4) is 0 Å². The Hall–Kier alpha value is -8.55. The smallest absolute Gasteiger partial charge is 0.326 e. The number of guanidine groups is 1. The van der Waals surface area contributed by atoms with Crippen molar-refractivity contribution >= 4 is 75.1 Å². The monoisotopic (exact) mass is 1050 g/mol. The second-order valence-corrected chi connectivity index (χ2v) is 19.0. The number of rotatable bonds is 17. The topological polar surface area (TPSA) is 432 Å². The molecule has 0 spiro atoms. The highest BCUT2D eigenvalue weighted by Crippen LogP contribution is 2.37. The number of aromatic nitrogens is 2. The average molecular weight is 1050 g/mol. The van der Waals surface area contributed by atoms with E-state index >= 15 is 9.59 Å². The molecular weight excluding hydrogens is 985 g/mol. The molecule has 76 heavy (non-hydrogen) atoms. The molecule has 7 amide bonds. The summed E-state index contributed by atoms with van der Waals surface area (Å²) in [5.41, 5.74) is 32.0. The summed E-state index contributed by atoms with van der Waals surface area (Å²) in [5.74, 6) is -9.06. The first-order valence-corrected chi connectivity index (χ1v) is 24.8. The summed E-state index contributed by atoms with van der Waals surface area (Å²) in [6, 6.07) is 7.83. The summed E-state index contributed by atoms with van der Waals surface area (Å²) in [5, 5.41) is 38.2. The number of H-pyrrole nitrogens is 2. The van der Waals surface area contributed by atoms with Gasteiger partial charge in [0.1, 0.15) is 42.0 Å². The molecule has 404 valence electrons. The number of carboxylic acid groups (broad SMARTS) is 1. The molecule has 20 N–H and O–H groups in total. The third-order valence-electron chi connectivity index (χ3n) is 13.4. The zero-order valence-corrected chi connectivity index (χ0v) is 41.5. The van der Waals surface area contributed by atoms with Gasteiger partial charge in [0.05, 0.1) is 24.1 Å². The normalized spacial score (nSPS) is 22.3. The van der Waals surface area contributed by atoms with Crippen molar-refractivity contribution in [3.05, 3.63) is 101 Å². The maximum Gasteiger partial charge on any atom is 0.326 e. The molecule has 5 heterocycles. The Bertz CT molecular complexity index is 2990. The SMILES string of the molecule is C[C@@H](O)[C@@H]1NC(=O)[C@H]2NC(=O)[C@H](CC(N)=O)NC(=O)[C@@H](N)Cc3c[nH]c4c(cccc34)O[C@@H]2c2c[nH]c3cc(ccc23)[C@H](CCCN)[C@@H](C(=O)N[C@@H](CCCN=C(N)N)C(=O)N[C@@H](Cc2ccccc2)C(=O)O)NC1=O. The molecule has 0 saturated heterocycles. The number of primary amides is 1. The molecule has 5 aromatic rings. The van der Waals surface area contributed by atoms with E-state index in [2.05, 4.69) is 46.9 Å². The van der Waals surface area contributed by atoms with Gasteiger partial charge in [-0.05, 0) is 74.4 Å². The quantitative estimate of drug-likeness (QED) is 0.0273. The number of nitrogens with one attached hydrogen (secondary N) is 8.